The molecule has 0 aliphatic heterocycles. The number of carbonyl (C=O) groups excluding carboxylic acids is 2. The average molecular weight is 454 g/mol. The van der Waals surface area contributed by atoms with Crippen molar-refractivity contribution in [1.29, 1.82) is 0 Å². The van der Waals surface area contributed by atoms with Crippen LogP contribution in [0.5, 0.6) is 0 Å². The summed E-state index contributed by atoms with van der Waals surface area (Å²) in [5.41, 5.74) is 12.0. The summed E-state index contributed by atoms with van der Waals surface area (Å²) in [7, 11) is 1.93. The molecule has 0 radical (unpaired) electrons. The zero-order valence-electron chi connectivity index (χ0n) is 16.6. The van der Waals surface area contributed by atoms with Gasteiger partial charge in [-0.05, 0) is 37.7 Å². The number of anilines is 2. The molecule has 0 saturated heterocycles. The molecule has 2 amide bonds. The van der Waals surface area contributed by atoms with Gasteiger partial charge >= 0.3 is 0 Å². The van der Waals surface area contributed by atoms with E-state index in [1.165, 1.54) is 0 Å². The van der Waals surface area contributed by atoms with E-state index < -0.39 is 5.91 Å². The fourth-order valence-corrected chi connectivity index (χ4v) is 2.84. The molecule has 0 aliphatic rings. The van der Waals surface area contributed by atoms with Crippen LogP contribution in [-0.2, 0) is 11.2 Å². The zero-order chi connectivity index (χ0) is 22.1. The molecule has 30 heavy (non-hydrogen) atoms. The van der Waals surface area contributed by atoms with Crippen LogP contribution in [0.2, 0.25) is 10.2 Å². The maximum Gasteiger partial charge on any atom is 0.273 e. The van der Waals surface area contributed by atoms with Crippen LogP contribution in [0, 0.1) is 0 Å². The van der Waals surface area contributed by atoms with E-state index in [2.05, 4.69) is 20.6 Å². The van der Waals surface area contributed by atoms with Gasteiger partial charge in [-0.25, -0.2) is 9.97 Å². The minimum Gasteiger partial charge on any atom is -0.382 e. The van der Waals surface area contributed by atoms with Gasteiger partial charge in [0.1, 0.15) is 0 Å². The molecule has 2 aromatic rings. The first-order valence-corrected chi connectivity index (χ1v) is 10.1. The molecule has 0 fully saturated rings. The van der Waals surface area contributed by atoms with Crippen LogP contribution < -0.4 is 22.1 Å². The molecule has 0 bridgehead atoms. The number of rotatable bonds is 10. The molecule has 1 aromatic carbocycles. The molecule has 11 heteroatoms. The van der Waals surface area contributed by atoms with E-state index in [9.17, 15) is 9.59 Å². The highest BCUT2D eigenvalue weighted by molar-refractivity contribution is 6.31. The Hall–Kier alpha value is -2.62. The summed E-state index contributed by atoms with van der Waals surface area (Å²) in [5.74, 6) is -0.597. The van der Waals surface area contributed by atoms with Gasteiger partial charge in [0.05, 0.1) is 6.42 Å². The third kappa shape index (κ3) is 7.66. The first-order valence-electron chi connectivity index (χ1n) is 9.32. The predicted molar refractivity (Wildman–Crippen MR) is 118 cm³/mol. The zero-order valence-corrected chi connectivity index (χ0v) is 18.1. The molecule has 0 aliphatic carbocycles. The van der Waals surface area contributed by atoms with Crippen LogP contribution in [0.15, 0.2) is 24.3 Å². The Morgan fingerprint density at radius 2 is 1.70 bits per heavy atom. The summed E-state index contributed by atoms with van der Waals surface area (Å²) >= 11 is 11.6. The molecule has 1 heterocycles. The SMILES string of the molecule is CN(CCCNC(=O)Cc1ccc(Cl)cc1)CCNC(=O)c1nc(Cl)c(N)nc1N. The summed E-state index contributed by atoms with van der Waals surface area (Å²) in [6.07, 6.45) is 1.10. The molecule has 0 unspecified atom stereocenters. The van der Waals surface area contributed by atoms with Crippen molar-refractivity contribution in [3.63, 3.8) is 0 Å². The number of aromatic nitrogens is 2. The lowest BCUT2D eigenvalue weighted by Crippen LogP contribution is -2.35. The first kappa shape index (κ1) is 23.7. The number of halogens is 2. The van der Waals surface area contributed by atoms with Gasteiger partial charge in [0.15, 0.2) is 22.5 Å². The van der Waals surface area contributed by atoms with E-state index in [-0.39, 0.29) is 28.4 Å². The third-order valence-corrected chi connectivity index (χ3v) is 4.75. The van der Waals surface area contributed by atoms with E-state index >= 15 is 0 Å². The lowest BCUT2D eigenvalue weighted by molar-refractivity contribution is -0.120. The number of benzene rings is 1. The molecule has 0 spiro atoms. The number of hydrogen-bond donors (Lipinski definition) is 4. The second kappa shape index (κ2) is 11.5. The van der Waals surface area contributed by atoms with Crippen LogP contribution in [-0.4, -0.2) is 59.9 Å². The topological polar surface area (TPSA) is 139 Å². The van der Waals surface area contributed by atoms with Crippen LogP contribution in [0.1, 0.15) is 22.5 Å². The van der Waals surface area contributed by atoms with Crippen LogP contribution in [0.4, 0.5) is 11.6 Å². The van der Waals surface area contributed by atoms with Gasteiger partial charge in [-0.3, -0.25) is 9.59 Å². The molecule has 9 nitrogen and oxygen atoms in total. The van der Waals surface area contributed by atoms with E-state index in [4.69, 9.17) is 34.7 Å². The summed E-state index contributed by atoms with van der Waals surface area (Å²) in [5, 5.41) is 6.19. The van der Waals surface area contributed by atoms with E-state index in [1.807, 2.05) is 24.1 Å². The third-order valence-electron chi connectivity index (χ3n) is 4.22. The molecule has 6 N–H and O–H groups in total. The summed E-state index contributed by atoms with van der Waals surface area (Å²) in [6.45, 7) is 2.33. The fourth-order valence-electron chi connectivity index (χ4n) is 2.59. The van der Waals surface area contributed by atoms with Crippen molar-refractivity contribution in [3.05, 3.63) is 45.7 Å². The molecular weight excluding hydrogens is 429 g/mol. The minimum absolute atomic E-state index is 0.0225. The summed E-state index contributed by atoms with van der Waals surface area (Å²) < 4.78 is 0. The van der Waals surface area contributed by atoms with Crippen molar-refractivity contribution >= 4 is 46.7 Å². The number of amides is 2. The van der Waals surface area contributed by atoms with E-state index in [0.717, 1.165) is 18.5 Å². The summed E-state index contributed by atoms with van der Waals surface area (Å²) in [6, 6.07) is 7.20. The molecule has 0 atom stereocenters. The second-order valence-corrected chi connectivity index (χ2v) is 7.49. The number of likely N-dealkylation sites (N-methyl/N-ethyl adjacent to an activating group) is 1. The minimum atomic E-state index is -0.468. The van der Waals surface area contributed by atoms with Crippen LogP contribution in [0.3, 0.4) is 0 Å². The highest BCUT2D eigenvalue weighted by Gasteiger charge is 2.15. The number of nitrogen functional groups attached to an aromatic ring is 2. The number of nitrogens with one attached hydrogen (secondary N) is 2. The quantitative estimate of drug-likeness (QED) is 0.398. The molecule has 2 rings (SSSR count). The van der Waals surface area contributed by atoms with E-state index in [0.29, 0.717) is 31.1 Å². The lowest BCUT2D eigenvalue weighted by Gasteiger charge is -2.17. The normalized spacial score (nSPS) is 10.8. The average Bonchev–Trinajstić information content (AvgIpc) is 2.69. The predicted octanol–water partition coefficient (Wildman–Crippen LogP) is 1.36. The summed E-state index contributed by atoms with van der Waals surface area (Å²) in [4.78, 5) is 33.8. The Bertz CT molecular complexity index is 878. The van der Waals surface area contributed by atoms with E-state index in [1.54, 1.807) is 12.1 Å². The van der Waals surface area contributed by atoms with Crippen molar-refractivity contribution in [1.82, 2.24) is 25.5 Å². The number of hydrogen-bond acceptors (Lipinski definition) is 7. The lowest BCUT2D eigenvalue weighted by atomic mass is 10.1. The Labute approximate surface area is 185 Å². The number of nitrogens with two attached hydrogens (primary N) is 2. The van der Waals surface area contributed by atoms with Crippen molar-refractivity contribution < 1.29 is 9.59 Å². The maximum absolute atomic E-state index is 12.1. The fraction of sp³-hybridized carbons (Fsp3) is 0.368. The Balaban J connectivity index is 1.61. The first-order chi connectivity index (χ1) is 14.3. The monoisotopic (exact) mass is 453 g/mol. The number of nitrogens with zero attached hydrogens (tertiary/aromatic N) is 3. The van der Waals surface area contributed by atoms with Gasteiger partial charge in [-0.15, -0.1) is 0 Å². The highest BCUT2D eigenvalue weighted by Crippen LogP contribution is 2.17. The van der Waals surface area contributed by atoms with Gasteiger partial charge in [0.25, 0.3) is 5.91 Å². The smallest absolute Gasteiger partial charge is 0.273 e. The van der Waals surface area contributed by atoms with Crippen molar-refractivity contribution in [2.75, 3.05) is 44.7 Å². The maximum atomic E-state index is 12.1. The number of carbonyl (C=O) groups is 2. The highest BCUT2D eigenvalue weighted by atomic mass is 35.5. The Morgan fingerprint density at radius 3 is 2.40 bits per heavy atom. The van der Waals surface area contributed by atoms with Crippen LogP contribution >= 0.6 is 23.2 Å². The molecule has 1 aromatic heterocycles. The van der Waals surface area contributed by atoms with Gasteiger partial charge in [0.2, 0.25) is 5.91 Å². The van der Waals surface area contributed by atoms with Gasteiger partial charge < -0.3 is 27.0 Å². The van der Waals surface area contributed by atoms with Crippen molar-refractivity contribution in [2.45, 2.75) is 12.8 Å². The molecule has 0 saturated carbocycles. The van der Waals surface area contributed by atoms with Crippen molar-refractivity contribution in [2.24, 2.45) is 0 Å². The molecular formula is C19H25Cl2N7O2. The van der Waals surface area contributed by atoms with Gasteiger partial charge in [-0.2, -0.15) is 0 Å². The van der Waals surface area contributed by atoms with Gasteiger partial charge in [-0.1, -0.05) is 35.3 Å². The van der Waals surface area contributed by atoms with Crippen molar-refractivity contribution in [3.8, 4) is 0 Å². The molecule has 162 valence electrons. The second-order valence-electron chi connectivity index (χ2n) is 6.70. The standard InChI is InChI=1S/C19H25Cl2N7O2/c1-28(9-2-7-24-14(29)11-12-3-5-13(20)6-4-12)10-8-25-19(30)15-17(22)27-18(23)16(21)26-15/h3-6H,2,7-11H2,1H3,(H,24,29)(H,25,30)(H4,22,23,27). The van der Waals surface area contributed by atoms with Crippen LogP contribution in [0.25, 0.3) is 0 Å². The van der Waals surface area contributed by atoms with Gasteiger partial charge in [0, 0.05) is 24.7 Å². The Kier molecular flexibility index (Phi) is 9.10. The Morgan fingerprint density at radius 1 is 1.00 bits per heavy atom. The largest absolute Gasteiger partial charge is 0.382 e.